The summed E-state index contributed by atoms with van der Waals surface area (Å²) >= 11 is 5.66. The van der Waals surface area contributed by atoms with Crippen LogP contribution in [0.15, 0.2) is 24.3 Å². The maximum absolute atomic E-state index is 11.2. The first kappa shape index (κ1) is 9.74. The number of rotatable bonds is 1. The van der Waals surface area contributed by atoms with Gasteiger partial charge in [0.25, 0.3) is 5.91 Å². The normalized spacial score (nSPS) is 9.38. The molecule has 2 amide bonds. The van der Waals surface area contributed by atoms with Crippen molar-refractivity contribution < 1.29 is 9.59 Å². The van der Waals surface area contributed by atoms with Crippen LogP contribution in [0, 0.1) is 0 Å². The molecule has 0 bridgehead atoms. The number of halogens is 1. The van der Waals surface area contributed by atoms with Crippen LogP contribution in [0.5, 0.6) is 0 Å². The van der Waals surface area contributed by atoms with Crippen molar-refractivity contribution in [2.24, 2.45) is 0 Å². The standard InChI is InChI=1S/C9H8ClNO2/c1-6(12)11-9(13)7-3-2-4-8(10)5-7/h2-5H,1H3,(H,11,12,13). The molecule has 0 spiro atoms. The molecule has 4 heteroatoms. The first-order valence-corrected chi connectivity index (χ1v) is 4.05. The highest BCUT2D eigenvalue weighted by Crippen LogP contribution is 2.10. The van der Waals surface area contributed by atoms with E-state index in [9.17, 15) is 9.59 Å². The van der Waals surface area contributed by atoms with Crippen LogP contribution in [-0.2, 0) is 4.79 Å². The van der Waals surface area contributed by atoms with E-state index in [0.717, 1.165) is 0 Å². The number of carbonyl (C=O) groups is 2. The van der Waals surface area contributed by atoms with Crippen molar-refractivity contribution in [3.8, 4) is 0 Å². The molecule has 1 aromatic rings. The molecule has 1 aromatic carbocycles. The lowest BCUT2D eigenvalue weighted by Crippen LogP contribution is -2.27. The van der Waals surface area contributed by atoms with Gasteiger partial charge in [0.05, 0.1) is 0 Å². The Balaban J connectivity index is 2.83. The number of benzene rings is 1. The number of hydrogen-bond acceptors (Lipinski definition) is 2. The van der Waals surface area contributed by atoms with Crippen LogP contribution in [0.1, 0.15) is 17.3 Å². The summed E-state index contributed by atoms with van der Waals surface area (Å²) < 4.78 is 0. The predicted molar refractivity (Wildman–Crippen MR) is 49.6 cm³/mol. The second-order valence-electron chi connectivity index (χ2n) is 2.52. The van der Waals surface area contributed by atoms with Crippen molar-refractivity contribution in [3.05, 3.63) is 34.9 Å². The van der Waals surface area contributed by atoms with E-state index < -0.39 is 5.91 Å². The van der Waals surface area contributed by atoms with Gasteiger partial charge in [0.15, 0.2) is 0 Å². The van der Waals surface area contributed by atoms with Crippen LogP contribution in [0.3, 0.4) is 0 Å². The topological polar surface area (TPSA) is 46.2 Å². The summed E-state index contributed by atoms with van der Waals surface area (Å²) in [5, 5.41) is 2.62. The van der Waals surface area contributed by atoms with Gasteiger partial charge >= 0.3 is 0 Å². The molecule has 68 valence electrons. The second kappa shape index (κ2) is 4.05. The van der Waals surface area contributed by atoms with E-state index in [1.807, 2.05) is 0 Å². The Morgan fingerprint density at radius 3 is 2.62 bits per heavy atom. The van der Waals surface area contributed by atoms with Crippen LogP contribution in [0.4, 0.5) is 0 Å². The third kappa shape index (κ3) is 2.87. The van der Waals surface area contributed by atoms with Gasteiger partial charge in [0, 0.05) is 17.5 Å². The van der Waals surface area contributed by atoms with Crippen molar-refractivity contribution in [2.45, 2.75) is 6.92 Å². The first-order chi connectivity index (χ1) is 6.09. The average molecular weight is 198 g/mol. The Hall–Kier alpha value is -1.35. The zero-order valence-electron chi connectivity index (χ0n) is 7.00. The largest absolute Gasteiger partial charge is 0.293 e. The van der Waals surface area contributed by atoms with E-state index in [4.69, 9.17) is 11.6 Å². The number of imide groups is 1. The van der Waals surface area contributed by atoms with Gasteiger partial charge in [-0.05, 0) is 18.2 Å². The maximum Gasteiger partial charge on any atom is 0.257 e. The Kier molecular flexibility index (Phi) is 3.03. The van der Waals surface area contributed by atoms with Crippen molar-refractivity contribution in [1.82, 2.24) is 5.32 Å². The molecule has 0 aliphatic rings. The van der Waals surface area contributed by atoms with Crippen LogP contribution in [0.25, 0.3) is 0 Å². The highest BCUT2D eigenvalue weighted by molar-refractivity contribution is 6.31. The summed E-state index contributed by atoms with van der Waals surface area (Å²) in [6.07, 6.45) is 0. The maximum atomic E-state index is 11.2. The number of hydrogen-bond donors (Lipinski definition) is 1. The van der Waals surface area contributed by atoms with Crippen LogP contribution < -0.4 is 5.32 Å². The SMILES string of the molecule is CC(=O)NC(=O)c1cccc(Cl)c1. The first-order valence-electron chi connectivity index (χ1n) is 3.67. The molecular weight excluding hydrogens is 190 g/mol. The van der Waals surface area contributed by atoms with Gasteiger partial charge in [-0.25, -0.2) is 0 Å². The molecule has 0 aliphatic carbocycles. The highest BCUT2D eigenvalue weighted by Gasteiger charge is 2.06. The van der Waals surface area contributed by atoms with E-state index in [1.54, 1.807) is 18.2 Å². The second-order valence-corrected chi connectivity index (χ2v) is 2.96. The molecule has 0 radical (unpaired) electrons. The van der Waals surface area contributed by atoms with Crippen molar-refractivity contribution in [2.75, 3.05) is 0 Å². The highest BCUT2D eigenvalue weighted by atomic mass is 35.5. The van der Waals surface area contributed by atoms with Gasteiger partial charge in [0.1, 0.15) is 0 Å². The molecule has 0 unspecified atom stereocenters. The molecule has 13 heavy (non-hydrogen) atoms. The number of nitrogens with one attached hydrogen (secondary N) is 1. The lowest BCUT2D eigenvalue weighted by Gasteiger charge is -2.00. The van der Waals surface area contributed by atoms with Crippen LogP contribution in [0.2, 0.25) is 5.02 Å². The Morgan fingerprint density at radius 2 is 2.08 bits per heavy atom. The summed E-state index contributed by atoms with van der Waals surface area (Å²) in [5.74, 6) is -0.819. The van der Waals surface area contributed by atoms with Gasteiger partial charge in [-0.2, -0.15) is 0 Å². The molecule has 1 rings (SSSR count). The van der Waals surface area contributed by atoms with E-state index in [-0.39, 0.29) is 5.91 Å². The fraction of sp³-hybridized carbons (Fsp3) is 0.111. The van der Waals surface area contributed by atoms with Gasteiger partial charge < -0.3 is 0 Å². The Labute approximate surface area is 80.7 Å². The molecular formula is C9H8ClNO2. The molecule has 0 saturated carbocycles. The fourth-order valence-corrected chi connectivity index (χ4v) is 1.05. The van der Waals surface area contributed by atoms with Crippen molar-refractivity contribution in [1.29, 1.82) is 0 Å². The monoisotopic (exact) mass is 197 g/mol. The Morgan fingerprint density at radius 1 is 1.38 bits per heavy atom. The van der Waals surface area contributed by atoms with E-state index in [2.05, 4.69) is 5.32 Å². The van der Waals surface area contributed by atoms with Crippen LogP contribution in [-0.4, -0.2) is 11.8 Å². The zero-order valence-corrected chi connectivity index (χ0v) is 7.76. The van der Waals surface area contributed by atoms with E-state index in [1.165, 1.54) is 13.0 Å². The predicted octanol–water partition coefficient (Wildman–Crippen LogP) is 1.62. The minimum atomic E-state index is -0.435. The van der Waals surface area contributed by atoms with Gasteiger partial charge in [-0.15, -0.1) is 0 Å². The third-order valence-electron chi connectivity index (χ3n) is 1.38. The summed E-state index contributed by atoms with van der Waals surface area (Å²) in [7, 11) is 0. The average Bonchev–Trinajstić information content (AvgIpc) is 2.03. The lowest BCUT2D eigenvalue weighted by molar-refractivity contribution is -0.118. The molecule has 3 nitrogen and oxygen atoms in total. The molecule has 0 atom stereocenters. The summed E-state index contributed by atoms with van der Waals surface area (Å²) in [6, 6.07) is 6.40. The molecule has 0 aromatic heterocycles. The lowest BCUT2D eigenvalue weighted by atomic mass is 10.2. The smallest absolute Gasteiger partial charge is 0.257 e. The fourth-order valence-electron chi connectivity index (χ4n) is 0.862. The van der Waals surface area contributed by atoms with E-state index >= 15 is 0 Å². The molecule has 1 N–H and O–H groups in total. The van der Waals surface area contributed by atoms with Crippen molar-refractivity contribution >= 4 is 23.4 Å². The minimum Gasteiger partial charge on any atom is -0.293 e. The third-order valence-corrected chi connectivity index (χ3v) is 1.61. The molecule has 0 aliphatic heterocycles. The molecule has 0 saturated heterocycles. The van der Waals surface area contributed by atoms with Crippen molar-refractivity contribution in [3.63, 3.8) is 0 Å². The number of carbonyl (C=O) groups excluding carboxylic acids is 2. The summed E-state index contributed by atoms with van der Waals surface area (Å²) in [4.78, 5) is 21.8. The number of amides is 2. The van der Waals surface area contributed by atoms with E-state index in [0.29, 0.717) is 10.6 Å². The quantitative estimate of drug-likeness (QED) is 0.744. The summed E-state index contributed by atoms with van der Waals surface area (Å²) in [6.45, 7) is 1.28. The van der Waals surface area contributed by atoms with Gasteiger partial charge in [-0.3, -0.25) is 14.9 Å². The minimum absolute atomic E-state index is 0.378. The molecule has 0 fully saturated rings. The van der Waals surface area contributed by atoms with Gasteiger partial charge in [0.2, 0.25) is 5.91 Å². The Bertz CT molecular complexity index is 349. The zero-order chi connectivity index (χ0) is 9.84. The van der Waals surface area contributed by atoms with Crippen LogP contribution >= 0.6 is 11.6 Å². The molecule has 0 heterocycles. The summed E-state index contributed by atoms with van der Waals surface area (Å²) in [5.41, 5.74) is 0.378. The van der Waals surface area contributed by atoms with Gasteiger partial charge in [-0.1, -0.05) is 17.7 Å².